The first-order chi connectivity index (χ1) is 7.42. The smallest absolute Gasteiger partial charge is 0.0207 e. The van der Waals surface area contributed by atoms with Gasteiger partial charge >= 0.3 is 0 Å². The first-order valence-electron chi connectivity index (χ1n) is 5.99. The Hall–Kier alpha value is -0.860. The molecule has 0 bridgehead atoms. The van der Waals surface area contributed by atoms with E-state index in [1.54, 1.807) is 0 Å². The summed E-state index contributed by atoms with van der Waals surface area (Å²) in [6.07, 6.45) is 0. The zero-order chi connectivity index (χ0) is 11.8. The van der Waals surface area contributed by atoms with Crippen LogP contribution < -0.4 is 10.9 Å². The lowest BCUT2D eigenvalue weighted by Gasteiger charge is -2.24. The van der Waals surface area contributed by atoms with Crippen molar-refractivity contribution in [2.75, 3.05) is 13.1 Å². The van der Waals surface area contributed by atoms with E-state index in [1.807, 2.05) is 0 Å². The molecular weight excluding hydrogens is 196 g/mol. The highest BCUT2D eigenvalue weighted by atomic mass is 15.4. The van der Waals surface area contributed by atoms with Crippen molar-refractivity contribution < 1.29 is 0 Å². The van der Waals surface area contributed by atoms with Gasteiger partial charge in [0.1, 0.15) is 0 Å². The first kappa shape index (κ1) is 11.6. The van der Waals surface area contributed by atoms with Crippen molar-refractivity contribution in [3.05, 3.63) is 35.4 Å². The predicted molar refractivity (Wildman–Crippen MR) is 68.5 cm³/mol. The molecule has 1 aliphatic heterocycles. The third-order valence-corrected chi connectivity index (χ3v) is 3.53. The van der Waals surface area contributed by atoms with E-state index in [-0.39, 0.29) is 10.8 Å². The van der Waals surface area contributed by atoms with Gasteiger partial charge in [-0.05, 0) is 16.5 Å². The number of hydrogen-bond donors (Lipinski definition) is 2. The molecule has 1 fully saturated rings. The highest BCUT2D eigenvalue weighted by molar-refractivity contribution is 5.33. The van der Waals surface area contributed by atoms with E-state index in [4.69, 9.17) is 0 Å². The van der Waals surface area contributed by atoms with Crippen LogP contribution >= 0.6 is 0 Å². The second kappa shape index (κ2) is 3.86. The third kappa shape index (κ3) is 2.13. The fourth-order valence-corrected chi connectivity index (χ4v) is 2.15. The van der Waals surface area contributed by atoms with E-state index < -0.39 is 0 Å². The number of hydrogen-bond acceptors (Lipinski definition) is 2. The van der Waals surface area contributed by atoms with E-state index in [0.29, 0.717) is 0 Å². The van der Waals surface area contributed by atoms with Crippen LogP contribution in [0.1, 0.15) is 38.8 Å². The molecule has 1 saturated heterocycles. The average molecular weight is 218 g/mol. The quantitative estimate of drug-likeness (QED) is 0.756. The van der Waals surface area contributed by atoms with Crippen LogP contribution in [0.25, 0.3) is 0 Å². The van der Waals surface area contributed by atoms with Gasteiger partial charge in [0.15, 0.2) is 0 Å². The van der Waals surface area contributed by atoms with Crippen LogP contribution in [-0.2, 0) is 10.8 Å². The van der Waals surface area contributed by atoms with Crippen LogP contribution in [0.5, 0.6) is 0 Å². The molecule has 0 spiro atoms. The maximum atomic E-state index is 3.21. The first-order valence-corrected chi connectivity index (χ1v) is 5.99. The molecule has 1 aromatic rings. The molecule has 2 heteroatoms. The summed E-state index contributed by atoms with van der Waals surface area (Å²) in [5, 5.41) is 0. The molecular formula is C14H22N2. The maximum Gasteiger partial charge on any atom is 0.0207 e. The highest BCUT2D eigenvalue weighted by Crippen LogP contribution is 2.28. The standard InChI is InChI=1S/C14H22N2/c1-13(2,3)11-5-7-12(8-6-11)14(4)9-15-16-10-14/h5-8,15-16H,9-10H2,1-4H3. The summed E-state index contributed by atoms with van der Waals surface area (Å²) in [5.74, 6) is 0. The van der Waals surface area contributed by atoms with Crippen molar-refractivity contribution in [3.8, 4) is 0 Å². The van der Waals surface area contributed by atoms with E-state index in [0.717, 1.165) is 13.1 Å². The third-order valence-electron chi connectivity index (χ3n) is 3.53. The van der Waals surface area contributed by atoms with Gasteiger partial charge in [0, 0.05) is 18.5 Å². The van der Waals surface area contributed by atoms with Gasteiger partial charge in [-0.1, -0.05) is 52.0 Å². The number of nitrogens with one attached hydrogen (secondary N) is 2. The van der Waals surface area contributed by atoms with Gasteiger partial charge < -0.3 is 0 Å². The Morgan fingerprint density at radius 2 is 1.50 bits per heavy atom. The Bertz CT molecular complexity index is 353. The molecule has 0 unspecified atom stereocenters. The van der Waals surface area contributed by atoms with Crippen LogP contribution in [-0.4, -0.2) is 13.1 Å². The summed E-state index contributed by atoms with van der Waals surface area (Å²) >= 11 is 0. The van der Waals surface area contributed by atoms with Gasteiger partial charge in [0.05, 0.1) is 0 Å². The largest absolute Gasteiger partial charge is 0.257 e. The molecule has 0 atom stereocenters. The summed E-state index contributed by atoms with van der Waals surface area (Å²) in [5.41, 5.74) is 9.70. The molecule has 1 aromatic carbocycles. The van der Waals surface area contributed by atoms with E-state index >= 15 is 0 Å². The SMILES string of the molecule is CC(C)(C)c1ccc(C2(C)CNNC2)cc1. The van der Waals surface area contributed by atoms with Crippen molar-refractivity contribution in [1.82, 2.24) is 10.9 Å². The van der Waals surface area contributed by atoms with Gasteiger partial charge in [-0.3, -0.25) is 10.9 Å². The van der Waals surface area contributed by atoms with Gasteiger partial charge in [0.2, 0.25) is 0 Å². The summed E-state index contributed by atoms with van der Waals surface area (Å²) < 4.78 is 0. The van der Waals surface area contributed by atoms with Crippen molar-refractivity contribution in [2.24, 2.45) is 0 Å². The summed E-state index contributed by atoms with van der Waals surface area (Å²) in [6.45, 7) is 11.1. The Labute approximate surface area is 98.4 Å². The van der Waals surface area contributed by atoms with E-state index in [2.05, 4.69) is 62.8 Å². The summed E-state index contributed by atoms with van der Waals surface area (Å²) in [7, 11) is 0. The van der Waals surface area contributed by atoms with Crippen LogP contribution in [0.15, 0.2) is 24.3 Å². The predicted octanol–water partition coefficient (Wildman–Crippen LogP) is 2.35. The Balaban J connectivity index is 2.26. The lowest BCUT2D eigenvalue weighted by Crippen LogP contribution is -2.27. The Kier molecular flexibility index (Phi) is 2.81. The second-order valence-corrected chi connectivity index (χ2v) is 6.10. The summed E-state index contributed by atoms with van der Waals surface area (Å²) in [4.78, 5) is 0. The normalized spacial score (nSPS) is 20.0. The van der Waals surface area contributed by atoms with Gasteiger partial charge in [-0.25, -0.2) is 0 Å². The van der Waals surface area contributed by atoms with Gasteiger partial charge in [-0.2, -0.15) is 0 Å². The lowest BCUT2D eigenvalue weighted by molar-refractivity contribution is 0.550. The van der Waals surface area contributed by atoms with Crippen LogP contribution in [0.4, 0.5) is 0 Å². The Morgan fingerprint density at radius 1 is 1.00 bits per heavy atom. The fourth-order valence-electron chi connectivity index (χ4n) is 2.15. The number of benzene rings is 1. The molecule has 1 aliphatic rings. The molecule has 2 nitrogen and oxygen atoms in total. The molecule has 0 radical (unpaired) electrons. The molecule has 88 valence electrons. The second-order valence-electron chi connectivity index (χ2n) is 6.10. The van der Waals surface area contributed by atoms with Crippen molar-refractivity contribution >= 4 is 0 Å². The molecule has 1 heterocycles. The Morgan fingerprint density at radius 3 is 1.94 bits per heavy atom. The van der Waals surface area contributed by atoms with Gasteiger partial charge in [0.25, 0.3) is 0 Å². The summed E-state index contributed by atoms with van der Waals surface area (Å²) in [6, 6.07) is 9.07. The minimum atomic E-state index is 0.233. The molecule has 0 amide bonds. The van der Waals surface area contributed by atoms with Crippen molar-refractivity contribution in [3.63, 3.8) is 0 Å². The maximum absolute atomic E-state index is 3.21. The molecule has 0 saturated carbocycles. The minimum Gasteiger partial charge on any atom is -0.257 e. The molecule has 16 heavy (non-hydrogen) atoms. The lowest BCUT2D eigenvalue weighted by atomic mass is 9.80. The minimum absolute atomic E-state index is 0.233. The molecule has 0 aliphatic carbocycles. The van der Waals surface area contributed by atoms with E-state index in [9.17, 15) is 0 Å². The van der Waals surface area contributed by atoms with Gasteiger partial charge in [-0.15, -0.1) is 0 Å². The monoisotopic (exact) mass is 218 g/mol. The van der Waals surface area contributed by atoms with Crippen molar-refractivity contribution in [1.29, 1.82) is 0 Å². The average Bonchev–Trinajstić information content (AvgIpc) is 2.66. The molecule has 2 rings (SSSR count). The number of rotatable bonds is 1. The van der Waals surface area contributed by atoms with E-state index in [1.165, 1.54) is 11.1 Å². The fraction of sp³-hybridized carbons (Fsp3) is 0.571. The van der Waals surface area contributed by atoms with Crippen molar-refractivity contribution in [2.45, 2.75) is 38.5 Å². The highest BCUT2D eigenvalue weighted by Gasteiger charge is 2.30. The van der Waals surface area contributed by atoms with Crippen LogP contribution in [0, 0.1) is 0 Å². The topological polar surface area (TPSA) is 24.1 Å². The molecule has 2 N–H and O–H groups in total. The zero-order valence-electron chi connectivity index (χ0n) is 10.7. The zero-order valence-corrected chi connectivity index (χ0v) is 10.7. The molecule has 0 aromatic heterocycles. The number of hydrazine groups is 1. The van der Waals surface area contributed by atoms with Crippen LogP contribution in [0.3, 0.4) is 0 Å². The van der Waals surface area contributed by atoms with Crippen LogP contribution in [0.2, 0.25) is 0 Å².